The molecule has 7 nitrogen and oxygen atoms in total. The highest BCUT2D eigenvalue weighted by Crippen LogP contribution is 2.14. The first-order valence-electron chi connectivity index (χ1n) is 6.26. The Morgan fingerprint density at radius 2 is 2.21 bits per heavy atom. The average Bonchev–Trinajstić information content (AvgIpc) is 2.40. The molecule has 106 valence electrons. The number of hydrogen-bond acceptors (Lipinski definition) is 7. The molecular formula is C12H21N5O2. The van der Waals surface area contributed by atoms with Gasteiger partial charge in [-0.25, -0.2) is 21.3 Å². The van der Waals surface area contributed by atoms with Crippen molar-refractivity contribution in [3.8, 4) is 0 Å². The smallest absolute Gasteiger partial charge is 0.330 e. The summed E-state index contributed by atoms with van der Waals surface area (Å²) in [6.45, 7) is 3.77. The van der Waals surface area contributed by atoms with Crippen LogP contribution in [0.5, 0.6) is 0 Å². The Balaban J connectivity index is 2.09. The first-order chi connectivity index (χ1) is 9.15. The van der Waals surface area contributed by atoms with Crippen molar-refractivity contribution in [3.05, 3.63) is 24.0 Å². The average molecular weight is 267 g/mol. The summed E-state index contributed by atoms with van der Waals surface area (Å²) >= 11 is 0. The van der Waals surface area contributed by atoms with E-state index in [1.807, 2.05) is 0 Å². The third-order valence-electron chi connectivity index (χ3n) is 2.71. The van der Waals surface area contributed by atoms with Gasteiger partial charge in [-0.15, -0.1) is 0 Å². The second-order valence-corrected chi connectivity index (χ2v) is 4.17. The zero-order chi connectivity index (χ0) is 14.1. The monoisotopic (exact) mass is 267 g/mol. The molecule has 0 amide bonds. The summed E-state index contributed by atoms with van der Waals surface area (Å²) in [4.78, 5) is 10.8. The molecule has 5 N–H and O–H groups in total. The second-order valence-electron chi connectivity index (χ2n) is 4.17. The zero-order valence-electron chi connectivity index (χ0n) is 11.0. The largest absolute Gasteiger partial charge is 0.463 e. The van der Waals surface area contributed by atoms with Gasteiger partial charge in [0.1, 0.15) is 0 Å². The quantitative estimate of drug-likeness (QED) is 0.256. The van der Waals surface area contributed by atoms with E-state index in [-0.39, 0.29) is 5.97 Å². The van der Waals surface area contributed by atoms with E-state index in [9.17, 15) is 4.79 Å². The van der Waals surface area contributed by atoms with Gasteiger partial charge in [0.25, 0.3) is 0 Å². The number of hydrazine groups is 2. The van der Waals surface area contributed by atoms with E-state index in [1.165, 1.54) is 11.2 Å². The number of hydrazone groups is 1. The molecule has 0 saturated heterocycles. The van der Waals surface area contributed by atoms with Gasteiger partial charge < -0.3 is 10.5 Å². The molecule has 7 heteroatoms. The number of nitrogens with two attached hydrogens (primary N) is 2. The van der Waals surface area contributed by atoms with Gasteiger partial charge in [0, 0.05) is 6.08 Å². The van der Waals surface area contributed by atoms with Gasteiger partial charge in [-0.3, -0.25) is 0 Å². The number of esters is 1. The molecule has 1 rings (SSSR count). The topological polar surface area (TPSA) is 106 Å². The van der Waals surface area contributed by atoms with Crippen LogP contribution < -0.4 is 17.1 Å². The minimum absolute atomic E-state index is 0.371. The number of unbranched alkanes of at least 4 members (excludes halogenated alkanes) is 3. The van der Waals surface area contributed by atoms with Crippen LogP contribution in [0.1, 0.15) is 32.1 Å². The van der Waals surface area contributed by atoms with Crippen LogP contribution in [0.3, 0.4) is 0 Å². The second kappa shape index (κ2) is 8.15. The Morgan fingerprint density at radius 1 is 1.47 bits per heavy atom. The standard InChI is InChI=1S/C12H21N5O2/c1-2-12(18)19-8-6-4-3-5-7-11-10(13)9-15-16-17(11)14/h2,9,16H,1,3-8,13-14H2. The molecule has 0 atom stereocenters. The fourth-order valence-electron chi connectivity index (χ4n) is 1.68. The highest BCUT2D eigenvalue weighted by molar-refractivity contribution is 5.81. The summed E-state index contributed by atoms with van der Waals surface area (Å²) in [7, 11) is 0. The van der Waals surface area contributed by atoms with Crippen molar-refractivity contribution in [2.45, 2.75) is 32.1 Å². The number of ether oxygens (including phenoxy) is 1. The van der Waals surface area contributed by atoms with Crippen LogP contribution in [0, 0.1) is 0 Å². The minimum Gasteiger partial charge on any atom is -0.463 e. The molecule has 0 aromatic rings. The van der Waals surface area contributed by atoms with Crippen molar-refractivity contribution in [2.24, 2.45) is 16.7 Å². The number of hydrogen-bond donors (Lipinski definition) is 3. The Kier molecular flexibility index (Phi) is 6.45. The first-order valence-corrected chi connectivity index (χ1v) is 6.26. The normalized spacial score (nSPS) is 14.3. The van der Waals surface area contributed by atoms with Crippen molar-refractivity contribution >= 4 is 12.2 Å². The lowest BCUT2D eigenvalue weighted by Crippen LogP contribution is -2.43. The maximum absolute atomic E-state index is 10.8. The van der Waals surface area contributed by atoms with E-state index < -0.39 is 0 Å². The molecule has 0 saturated carbocycles. The molecule has 1 heterocycles. The highest BCUT2D eigenvalue weighted by Gasteiger charge is 2.11. The van der Waals surface area contributed by atoms with Crippen molar-refractivity contribution in [1.29, 1.82) is 0 Å². The van der Waals surface area contributed by atoms with E-state index in [2.05, 4.69) is 17.2 Å². The fraction of sp³-hybridized carbons (Fsp3) is 0.500. The Hall–Kier alpha value is -2.02. The van der Waals surface area contributed by atoms with Crippen molar-refractivity contribution in [2.75, 3.05) is 6.61 Å². The van der Waals surface area contributed by atoms with E-state index in [4.69, 9.17) is 16.3 Å². The van der Waals surface area contributed by atoms with Crippen LogP contribution >= 0.6 is 0 Å². The molecule has 0 radical (unpaired) electrons. The summed E-state index contributed by atoms with van der Waals surface area (Å²) in [6, 6.07) is 0. The first kappa shape index (κ1) is 15.0. The molecule has 0 spiro atoms. The Labute approximate surface area is 112 Å². The van der Waals surface area contributed by atoms with Gasteiger partial charge in [0.15, 0.2) is 0 Å². The highest BCUT2D eigenvalue weighted by atomic mass is 16.5. The van der Waals surface area contributed by atoms with Crippen molar-refractivity contribution in [3.63, 3.8) is 0 Å². The number of nitrogens with one attached hydrogen (secondary N) is 1. The number of carbonyl (C=O) groups is 1. The minimum atomic E-state index is -0.371. The molecule has 0 aromatic carbocycles. The van der Waals surface area contributed by atoms with Gasteiger partial charge in [-0.1, -0.05) is 19.4 Å². The molecule has 0 fully saturated rings. The molecular weight excluding hydrogens is 246 g/mol. The van der Waals surface area contributed by atoms with Gasteiger partial charge in [-0.2, -0.15) is 5.10 Å². The van der Waals surface area contributed by atoms with Gasteiger partial charge >= 0.3 is 5.97 Å². The van der Waals surface area contributed by atoms with Crippen LogP contribution in [0.2, 0.25) is 0 Å². The SMILES string of the molecule is C=CC(=O)OCCCCCCC1=C(N)C=NNN1N. The zero-order valence-corrected chi connectivity index (χ0v) is 11.0. The number of rotatable bonds is 8. The van der Waals surface area contributed by atoms with Crippen LogP contribution in [-0.4, -0.2) is 23.9 Å². The lowest BCUT2D eigenvalue weighted by atomic mass is 10.1. The number of nitrogens with zero attached hydrogens (tertiary/aromatic N) is 2. The molecule has 0 bridgehead atoms. The van der Waals surface area contributed by atoms with E-state index in [0.29, 0.717) is 12.3 Å². The fourth-order valence-corrected chi connectivity index (χ4v) is 1.68. The van der Waals surface area contributed by atoms with Crippen LogP contribution in [0.15, 0.2) is 29.2 Å². The number of carbonyl (C=O) groups excluding carboxylic acids is 1. The van der Waals surface area contributed by atoms with Crippen molar-refractivity contribution in [1.82, 2.24) is 10.7 Å². The molecule has 1 aliphatic rings. The van der Waals surface area contributed by atoms with Gasteiger partial charge in [0.05, 0.1) is 24.2 Å². The Bertz CT molecular complexity index is 378. The molecule has 19 heavy (non-hydrogen) atoms. The lowest BCUT2D eigenvalue weighted by molar-refractivity contribution is -0.137. The molecule has 0 aliphatic carbocycles. The third kappa shape index (κ3) is 5.43. The van der Waals surface area contributed by atoms with E-state index in [0.717, 1.165) is 37.8 Å². The van der Waals surface area contributed by atoms with Crippen LogP contribution in [-0.2, 0) is 9.53 Å². The maximum Gasteiger partial charge on any atom is 0.330 e. The predicted octanol–water partition coefficient (Wildman–Crippen LogP) is 0.516. The summed E-state index contributed by atoms with van der Waals surface area (Å²) in [5, 5.41) is 5.10. The van der Waals surface area contributed by atoms with Crippen LogP contribution in [0.25, 0.3) is 0 Å². The molecule has 1 aliphatic heterocycles. The van der Waals surface area contributed by atoms with Gasteiger partial charge in [-0.05, 0) is 19.3 Å². The van der Waals surface area contributed by atoms with E-state index in [1.54, 1.807) is 6.21 Å². The van der Waals surface area contributed by atoms with Gasteiger partial charge in [0.2, 0.25) is 0 Å². The maximum atomic E-state index is 10.8. The summed E-state index contributed by atoms with van der Waals surface area (Å²) in [6.07, 6.45) is 7.33. The Morgan fingerprint density at radius 3 is 2.89 bits per heavy atom. The third-order valence-corrected chi connectivity index (χ3v) is 2.71. The molecule has 0 unspecified atom stereocenters. The van der Waals surface area contributed by atoms with Crippen LogP contribution in [0.4, 0.5) is 0 Å². The van der Waals surface area contributed by atoms with E-state index >= 15 is 0 Å². The lowest BCUT2D eigenvalue weighted by Gasteiger charge is -2.24. The predicted molar refractivity (Wildman–Crippen MR) is 73.1 cm³/mol. The number of allylic oxidation sites excluding steroid dienone is 2. The summed E-state index contributed by atoms with van der Waals surface area (Å²) < 4.78 is 4.88. The summed E-state index contributed by atoms with van der Waals surface area (Å²) in [5.41, 5.74) is 9.83. The molecule has 0 aromatic heterocycles. The van der Waals surface area contributed by atoms with Crippen molar-refractivity contribution < 1.29 is 9.53 Å². The summed E-state index contributed by atoms with van der Waals surface area (Å²) in [5.74, 6) is 5.31.